The fourth-order valence-electron chi connectivity index (χ4n) is 4.56. The monoisotopic (exact) mass is 435 g/mol. The van der Waals surface area contributed by atoms with Gasteiger partial charge in [-0.25, -0.2) is 9.37 Å². The Morgan fingerprint density at radius 3 is 2.62 bits per heavy atom. The molecule has 8 heteroatoms. The highest BCUT2D eigenvalue weighted by atomic mass is 19.1. The van der Waals surface area contributed by atoms with E-state index in [4.69, 9.17) is 0 Å². The van der Waals surface area contributed by atoms with Crippen LogP contribution in [-0.2, 0) is 7.05 Å². The van der Waals surface area contributed by atoms with Crippen molar-refractivity contribution in [1.29, 1.82) is 5.26 Å². The van der Waals surface area contributed by atoms with Crippen LogP contribution in [0.2, 0.25) is 0 Å². The van der Waals surface area contributed by atoms with Gasteiger partial charge in [0.05, 0.1) is 23.9 Å². The molecule has 1 aliphatic rings. The van der Waals surface area contributed by atoms with Gasteiger partial charge in [0.15, 0.2) is 0 Å². The lowest BCUT2D eigenvalue weighted by Gasteiger charge is -2.48. The number of rotatable bonds is 4. The Bertz CT molecular complexity index is 1230. The van der Waals surface area contributed by atoms with Gasteiger partial charge in [-0.05, 0) is 43.7 Å². The molecule has 3 atom stereocenters. The summed E-state index contributed by atoms with van der Waals surface area (Å²) >= 11 is 0. The van der Waals surface area contributed by atoms with Crippen LogP contribution in [0.5, 0.6) is 0 Å². The zero-order chi connectivity index (χ0) is 23.0. The molecular weight excluding hydrogens is 409 g/mol. The number of piperazine rings is 1. The Morgan fingerprint density at radius 1 is 1.25 bits per heavy atom. The molecule has 3 aromatic rings. The number of benzene rings is 1. The minimum Gasteiger partial charge on any atom is -0.395 e. The molecule has 1 aromatic carbocycles. The van der Waals surface area contributed by atoms with Crippen molar-refractivity contribution in [3.63, 3.8) is 0 Å². The number of aliphatic hydroxyl groups excluding tert-OH is 1. The molecule has 2 aromatic heterocycles. The summed E-state index contributed by atoms with van der Waals surface area (Å²) in [5.74, 6) is -0.278. The van der Waals surface area contributed by atoms with Crippen LogP contribution in [0.25, 0.3) is 11.0 Å². The van der Waals surface area contributed by atoms with E-state index in [1.54, 1.807) is 37.4 Å². The standard InChI is InChI=1S/C24H26FN5O2/c1-15-12-30(16(2)17-4-6-18(25)7-5-17)20(14-31)13-29(15)22-10-23(32)28(3)21-9-8-19(11-26)27-24(21)22/h4-10,15-16,20,31H,12-14H2,1-3H3/t15-,16?,20-/m1/s1. The maximum Gasteiger partial charge on any atom is 0.252 e. The highest BCUT2D eigenvalue weighted by Crippen LogP contribution is 2.32. The molecule has 1 N–H and O–H groups in total. The normalized spacial score (nSPS) is 20.3. The zero-order valence-electron chi connectivity index (χ0n) is 18.4. The number of pyridine rings is 2. The van der Waals surface area contributed by atoms with Crippen LogP contribution in [0.1, 0.15) is 31.1 Å². The van der Waals surface area contributed by atoms with Crippen LogP contribution < -0.4 is 10.5 Å². The van der Waals surface area contributed by atoms with Gasteiger partial charge in [0.25, 0.3) is 5.56 Å². The van der Waals surface area contributed by atoms with Crippen molar-refractivity contribution in [2.75, 3.05) is 24.6 Å². The second-order valence-electron chi connectivity index (χ2n) is 8.36. The van der Waals surface area contributed by atoms with E-state index >= 15 is 0 Å². The molecular formula is C24H26FN5O2. The summed E-state index contributed by atoms with van der Waals surface area (Å²) in [7, 11) is 1.68. The van der Waals surface area contributed by atoms with Gasteiger partial charge in [0.2, 0.25) is 0 Å². The third-order valence-corrected chi connectivity index (χ3v) is 6.44. The van der Waals surface area contributed by atoms with E-state index in [0.29, 0.717) is 29.8 Å². The first-order valence-electron chi connectivity index (χ1n) is 10.6. The fourth-order valence-corrected chi connectivity index (χ4v) is 4.56. The summed E-state index contributed by atoms with van der Waals surface area (Å²) in [4.78, 5) is 21.4. The van der Waals surface area contributed by atoms with E-state index in [0.717, 1.165) is 5.56 Å². The highest BCUT2D eigenvalue weighted by Gasteiger charge is 2.35. The SMILES string of the molecule is CC(c1ccc(F)cc1)N1C[C@@H](C)N(c2cc(=O)n(C)c3ccc(C#N)nc23)C[C@@H]1CO. The summed E-state index contributed by atoms with van der Waals surface area (Å²) in [6.45, 7) is 5.18. The Hall–Kier alpha value is -3.28. The van der Waals surface area contributed by atoms with Crippen LogP contribution in [0.4, 0.5) is 10.1 Å². The summed E-state index contributed by atoms with van der Waals surface area (Å²) in [5.41, 5.74) is 3.02. The predicted octanol–water partition coefficient (Wildman–Crippen LogP) is 2.58. The van der Waals surface area contributed by atoms with Crippen molar-refractivity contribution in [3.05, 3.63) is 69.9 Å². The van der Waals surface area contributed by atoms with E-state index < -0.39 is 0 Å². The first kappa shape index (κ1) is 21.9. The quantitative estimate of drug-likeness (QED) is 0.678. The molecule has 166 valence electrons. The molecule has 0 bridgehead atoms. The first-order valence-corrected chi connectivity index (χ1v) is 10.6. The third kappa shape index (κ3) is 3.85. The molecule has 1 fully saturated rings. The second-order valence-corrected chi connectivity index (χ2v) is 8.36. The smallest absolute Gasteiger partial charge is 0.252 e. The third-order valence-electron chi connectivity index (χ3n) is 6.44. The van der Waals surface area contributed by atoms with E-state index in [1.807, 2.05) is 6.92 Å². The number of hydrogen-bond donors (Lipinski definition) is 1. The Labute approximate surface area is 185 Å². The first-order chi connectivity index (χ1) is 15.3. The van der Waals surface area contributed by atoms with Crippen molar-refractivity contribution in [2.45, 2.75) is 32.0 Å². The summed E-state index contributed by atoms with van der Waals surface area (Å²) < 4.78 is 14.9. The van der Waals surface area contributed by atoms with E-state index in [9.17, 15) is 19.6 Å². The molecule has 0 spiro atoms. The van der Waals surface area contributed by atoms with Crippen LogP contribution in [0, 0.1) is 17.1 Å². The van der Waals surface area contributed by atoms with E-state index in [-0.39, 0.29) is 41.8 Å². The van der Waals surface area contributed by atoms with Crippen molar-refractivity contribution < 1.29 is 9.50 Å². The average molecular weight is 436 g/mol. The van der Waals surface area contributed by atoms with Crippen molar-refractivity contribution in [3.8, 4) is 6.07 Å². The topological polar surface area (TPSA) is 85.4 Å². The molecule has 7 nitrogen and oxygen atoms in total. The number of aryl methyl sites for hydroxylation is 1. The van der Waals surface area contributed by atoms with Gasteiger partial charge in [-0.15, -0.1) is 0 Å². The lowest BCUT2D eigenvalue weighted by atomic mass is 9.99. The maximum atomic E-state index is 13.4. The molecule has 4 rings (SSSR count). The van der Waals surface area contributed by atoms with Crippen molar-refractivity contribution in [1.82, 2.24) is 14.5 Å². The molecule has 32 heavy (non-hydrogen) atoms. The zero-order valence-corrected chi connectivity index (χ0v) is 18.4. The Kier molecular flexibility index (Phi) is 5.96. The minimum atomic E-state index is -0.278. The van der Waals surface area contributed by atoms with E-state index in [2.05, 4.69) is 27.8 Å². The van der Waals surface area contributed by atoms with Crippen molar-refractivity contribution >= 4 is 16.7 Å². The van der Waals surface area contributed by atoms with Gasteiger partial charge in [-0.1, -0.05) is 12.1 Å². The molecule has 1 saturated heterocycles. The number of hydrogen-bond acceptors (Lipinski definition) is 6. The Balaban J connectivity index is 1.72. The number of halogens is 1. The van der Waals surface area contributed by atoms with Gasteiger partial charge in [-0.2, -0.15) is 5.26 Å². The number of anilines is 1. The molecule has 0 amide bonds. The summed E-state index contributed by atoms with van der Waals surface area (Å²) in [6.07, 6.45) is 0. The number of nitrogens with zero attached hydrogens (tertiary/aromatic N) is 5. The van der Waals surface area contributed by atoms with Gasteiger partial charge < -0.3 is 14.6 Å². The van der Waals surface area contributed by atoms with Crippen LogP contribution >= 0.6 is 0 Å². The molecule has 0 saturated carbocycles. The summed E-state index contributed by atoms with van der Waals surface area (Å²) in [6, 6.07) is 13.2. The lowest BCUT2D eigenvalue weighted by Crippen LogP contribution is -2.59. The molecule has 1 aliphatic heterocycles. The predicted molar refractivity (Wildman–Crippen MR) is 121 cm³/mol. The molecule has 3 heterocycles. The number of aromatic nitrogens is 2. The van der Waals surface area contributed by atoms with Crippen LogP contribution in [0.15, 0.2) is 47.3 Å². The Morgan fingerprint density at radius 2 is 1.97 bits per heavy atom. The minimum absolute atomic E-state index is 0.0129. The number of aliphatic hydroxyl groups is 1. The van der Waals surface area contributed by atoms with Gasteiger partial charge >= 0.3 is 0 Å². The van der Waals surface area contributed by atoms with E-state index in [1.165, 1.54) is 16.7 Å². The average Bonchev–Trinajstić information content (AvgIpc) is 2.81. The number of nitriles is 1. The molecule has 0 aliphatic carbocycles. The molecule has 1 unspecified atom stereocenters. The van der Waals surface area contributed by atoms with Gasteiger partial charge in [0, 0.05) is 38.3 Å². The lowest BCUT2D eigenvalue weighted by molar-refractivity contribution is 0.0655. The fraction of sp³-hybridized carbons (Fsp3) is 0.375. The second kappa shape index (κ2) is 8.69. The largest absolute Gasteiger partial charge is 0.395 e. The summed E-state index contributed by atoms with van der Waals surface area (Å²) in [5, 5.41) is 19.5. The van der Waals surface area contributed by atoms with Crippen LogP contribution in [0.3, 0.4) is 0 Å². The van der Waals surface area contributed by atoms with Crippen molar-refractivity contribution in [2.24, 2.45) is 7.05 Å². The van der Waals surface area contributed by atoms with Gasteiger partial charge in [-0.3, -0.25) is 9.69 Å². The molecule has 0 radical (unpaired) electrons. The van der Waals surface area contributed by atoms with Gasteiger partial charge in [0.1, 0.15) is 23.1 Å². The maximum absolute atomic E-state index is 13.4. The highest BCUT2D eigenvalue weighted by molar-refractivity contribution is 5.89. The van der Waals surface area contributed by atoms with Crippen LogP contribution in [-0.4, -0.2) is 51.3 Å². The number of fused-ring (bicyclic) bond motifs is 1.